The van der Waals surface area contributed by atoms with Crippen LogP contribution >= 0.6 is 0 Å². The second-order valence-corrected chi connectivity index (χ2v) is 3.92. The molecule has 2 heteroatoms. The van der Waals surface area contributed by atoms with Crippen LogP contribution in [-0.2, 0) is 9.47 Å². The quantitative estimate of drug-likeness (QED) is 0.312. The van der Waals surface area contributed by atoms with Gasteiger partial charge in [0.2, 0.25) is 0 Å². The van der Waals surface area contributed by atoms with Crippen molar-refractivity contribution in [1.29, 1.82) is 0 Å². The summed E-state index contributed by atoms with van der Waals surface area (Å²) in [5.41, 5.74) is 1.18. The standard InChI is InChI=1S/C13H26O2/c1-5-7-8-9-10-13(12(3)6-2)15-11-14-4/h13H,3,5-11H2,1-2,4H3. The number of rotatable bonds is 10. The molecular formula is C13H26O2. The Morgan fingerprint density at radius 3 is 2.47 bits per heavy atom. The van der Waals surface area contributed by atoms with Crippen LogP contribution in [0.3, 0.4) is 0 Å². The minimum atomic E-state index is 0.187. The van der Waals surface area contributed by atoms with E-state index in [0.717, 1.165) is 12.8 Å². The van der Waals surface area contributed by atoms with E-state index in [0.29, 0.717) is 6.79 Å². The number of unbranched alkanes of at least 4 members (excludes halogenated alkanes) is 3. The van der Waals surface area contributed by atoms with Gasteiger partial charge in [0.25, 0.3) is 0 Å². The molecule has 0 fully saturated rings. The summed E-state index contributed by atoms with van der Waals surface area (Å²) in [5.74, 6) is 0. The molecule has 0 aromatic heterocycles. The van der Waals surface area contributed by atoms with E-state index in [1.54, 1.807) is 7.11 Å². The summed E-state index contributed by atoms with van der Waals surface area (Å²) in [6.45, 7) is 8.77. The summed E-state index contributed by atoms with van der Waals surface area (Å²) in [6, 6.07) is 0. The van der Waals surface area contributed by atoms with Gasteiger partial charge in [-0.1, -0.05) is 46.1 Å². The maximum Gasteiger partial charge on any atom is 0.147 e. The first-order valence-electron chi connectivity index (χ1n) is 6.04. The SMILES string of the molecule is C=C(CC)C(CCCCCC)OCOC. The van der Waals surface area contributed by atoms with E-state index >= 15 is 0 Å². The number of hydrogen-bond acceptors (Lipinski definition) is 2. The van der Waals surface area contributed by atoms with Crippen molar-refractivity contribution in [2.45, 2.75) is 58.5 Å². The Morgan fingerprint density at radius 2 is 1.93 bits per heavy atom. The minimum Gasteiger partial charge on any atom is -0.359 e. The van der Waals surface area contributed by atoms with Gasteiger partial charge in [0.15, 0.2) is 0 Å². The van der Waals surface area contributed by atoms with Crippen molar-refractivity contribution in [3.05, 3.63) is 12.2 Å². The molecular weight excluding hydrogens is 188 g/mol. The summed E-state index contributed by atoms with van der Waals surface area (Å²) < 4.78 is 10.5. The fourth-order valence-electron chi connectivity index (χ4n) is 1.54. The highest BCUT2D eigenvalue weighted by Gasteiger charge is 2.11. The van der Waals surface area contributed by atoms with Gasteiger partial charge in [0, 0.05) is 7.11 Å². The Labute approximate surface area is 94.7 Å². The first-order chi connectivity index (χ1) is 7.26. The minimum absolute atomic E-state index is 0.187. The van der Waals surface area contributed by atoms with Crippen LogP contribution < -0.4 is 0 Å². The molecule has 90 valence electrons. The van der Waals surface area contributed by atoms with E-state index in [4.69, 9.17) is 9.47 Å². The molecule has 1 atom stereocenters. The molecule has 0 saturated carbocycles. The predicted molar refractivity (Wildman–Crippen MR) is 64.9 cm³/mol. The third kappa shape index (κ3) is 7.57. The molecule has 0 amide bonds. The molecule has 0 aromatic rings. The molecule has 0 aliphatic heterocycles. The maximum atomic E-state index is 5.60. The van der Waals surface area contributed by atoms with Crippen molar-refractivity contribution in [1.82, 2.24) is 0 Å². The van der Waals surface area contributed by atoms with Gasteiger partial charge in [-0.15, -0.1) is 0 Å². The maximum absolute atomic E-state index is 5.60. The van der Waals surface area contributed by atoms with Crippen molar-refractivity contribution in [2.24, 2.45) is 0 Å². The zero-order valence-corrected chi connectivity index (χ0v) is 10.6. The number of methoxy groups -OCH3 is 1. The molecule has 0 aliphatic rings. The van der Waals surface area contributed by atoms with Gasteiger partial charge in [0.1, 0.15) is 6.79 Å². The van der Waals surface area contributed by atoms with Gasteiger partial charge in [-0.05, 0) is 18.4 Å². The second kappa shape index (κ2) is 10.2. The predicted octanol–water partition coefficient (Wildman–Crippen LogP) is 3.91. The first kappa shape index (κ1) is 14.7. The van der Waals surface area contributed by atoms with E-state index in [-0.39, 0.29) is 6.10 Å². The largest absolute Gasteiger partial charge is 0.359 e. The summed E-state index contributed by atoms with van der Waals surface area (Å²) in [5, 5.41) is 0. The van der Waals surface area contributed by atoms with E-state index in [2.05, 4.69) is 20.4 Å². The molecule has 15 heavy (non-hydrogen) atoms. The van der Waals surface area contributed by atoms with Gasteiger partial charge in [0.05, 0.1) is 6.10 Å². The van der Waals surface area contributed by atoms with Crippen molar-refractivity contribution in [3.8, 4) is 0 Å². The molecule has 0 N–H and O–H groups in total. The summed E-state index contributed by atoms with van der Waals surface area (Å²) >= 11 is 0. The Hall–Kier alpha value is -0.340. The topological polar surface area (TPSA) is 18.5 Å². The molecule has 0 radical (unpaired) electrons. The lowest BCUT2D eigenvalue weighted by molar-refractivity contribution is -0.0623. The average Bonchev–Trinajstić information content (AvgIpc) is 2.27. The normalized spacial score (nSPS) is 12.7. The van der Waals surface area contributed by atoms with Crippen LogP contribution in [0, 0.1) is 0 Å². The fourth-order valence-corrected chi connectivity index (χ4v) is 1.54. The van der Waals surface area contributed by atoms with Gasteiger partial charge < -0.3 is 9.47 Å². The Balaban J connectivity index is 3.74. The highest BCUT2D eigenvalue weighted by molar-refractivity contribution is 5.01. The number of hydrogen-bond donors (Lipinski definition) is 0. The first-order valence-corrected chi connectivity index (χ1v) is 6.04. The smallest absolute Gasteiger partial charge is 0.147 e. The Morgan fingerprint density at radius 1 is 1.20 bits per heavy atom. The Kier molecular flexibility index (Phi) is 9.96. The molecule has 0 aliphatic carbocycles. The molecule has 0 rings (SSSR count). The van der Waals surface area contributed by atoms with Crippen LogP contribution in [0.5, 0.6) is 0 Å². The van der Waals surface area contributed by atoms with Gasteiger partial charge in [-0.3, -0.25) is 0 Å². The molecule has 1 unspecified atom stereocenters. The lowest BCUT2D eigenvalue weighted by Gasteiger charge is -2.18. The van der Waals surface area contributed by atoms with Gasteiger partial charge >= 0.3 is 0 Å². The van der Waals surface area contributed by atoms with Crippen molar-refractivity contribution < 1.29 is 9.47 Å². The monoisotopic (exact) mass is 214 g/mol. The van der Waals surface area contributed by atoms with Crippen molar-refractivity contribution >= 4 is 0 Å². The summed E-state index contributed by atoms with van der Waals surface area (Å²) in [6.07, 6.45) is 7.36. The molecule has 0 bridgehead atoms. The molecule has 0 saturated heterocycles. The molecule has 0 aromatic carbocycles. The van der Waals surface area contributed by atoms with Crippen LogP contribution in [0.25, 0.3) is 0 Å². The third-order valence-corrected chi connectivity index (χ3v) is 2.62. The summed E-state index contributed by atoms with van der Waals surface area (Å²) in [4.78, 5) is 0. The van der Waals surface area contributed by atoms with E-state index in [1.165, 1.54) is 31.3 Å². The molecule has 0 heterocycles. The highest BCUT2D eigenvalue weighted by atomic mass is 16.7. The fraction of sp³-hybridized carbons (Fsp3) is 0.846. The third-order valence-electron chi connectivity index (χ3n) is 2.62. The zero-order valence-electron chi connectivity index (χ0n) is 10.6. The van der Waals surface area contributed by atoms with Crippen LogP contribution in [0.15, 0.2) is 12.2 Å². The highest BCUT2D eigenvalue weighted by Crippen LogP contribution is 2.16. The van der Waals surface area contributed by atoms with Gasteiger partial charge in [-0.25, -0.2) is 0 Å². The van der Waals surface area contributed by atoms with Crippen molar-refractivity contribution in [2.75, 3.05) is 13.9 Å². The van der Waals surface area contributed by atoms with E-state index < -0.39 is 0 Å². The average molecular weight is 214 g/mol. The van der Waals surface area contributed by atoms with E-state index in [9.17, 15) is 0 Å². The lowest BCUT2D eigenvalue weighted by atomic mass is 10.0. The zero-order chi connectivity index (χ0) is 11.5. The number of ether oxygens (including phenoxy) is 2. The van der Waals surface area contributed by atoms with Crippen LogP contribution in [0.1, 0.15) is 52.4 Å². The van der Waals surface area contributed by atoms with Crippen molar-refractivity contribution in [3.63, 3.8) is 0 Å². The van der Waals surface area contributed by atoms with Crippen LogP contribution in [0.2, 0.25) is 0 Å². The van der Waals surface area contributed by atoms with Crippen LogP contribution in [-0.4, -0.2) is 20.0 Å². The molecule has 2 nitrogen and oxygen atoms in total. The van der Waals surface area contributed by atoms with Gasteiger partial charge in [-0.2, -0.15) is 0 Å². The lowest BCUT2D eigenvalue weighted by Crippen LogP contribution is -2.16. The summed E-state index contributed by atoms with van der Waals surface area (Å²) in [7, 11) is 1.66. The van der Waals surface area contributed by atoms with E-state index in [1.807, 2.05) is 0 Å². The second-order valence-electron chi connectivity index (χ2n) is 3.92. The Bertz CT molecular complexity index is 155. The van der Waals surface area contributed by atoms with Crippen LogP contribution in [0.4, 0.5) is 0 Å². The molecule has 0 spiro atoms.